The van der Waals surface area contributed by atoms with Crippen LogP contribution in [0.4, 0.5) is 11.4 Å². The lowest BCUT2D eigenvalue weighted by Gasteiger charge is -2.33. The SMILES string of the molecule is Cc1cccc(C(=O)Nc2cn3cc(CCO)nc3cc2N2CCC(C)CC2)n1. The van der Waals surface area contributed by atoms with Crippen molar-refractivity contribution in [1.29, 1.82) is 0 Å². The maximum Gasteiger partial charge on any atom is 0.274 e. The van der Waals surface area contributed by atoms with E-state index >= 15 is 0 Å². The van der Waals surface area contributed by atoms with Gasteiger partial charge in [-0.25, -0.2) is 9.97 Å². The first kappa shape index (κ1) is 19.4. The summed E-state index contributed by atoms with van der Waals surface area (Å²) in [7, 11) is 0. The number of aryl methyl sites for hydroxylation is 1. The van der Waals surface area contributed by atoms with E-state index in [0.29, 0.717) is 18.0 Å². The highest BCUT2D eigenvalue weighted by Gasteiger charge is 2.21. The molecule has 0 bridgehead atoms. The van der Waals surface area contributed by atoms with Crippen LogP contribution in [-0.2, 0) is 6.42 Å². The van der Waals surface area contributed by atoms with Crippen LogP contribution in [0, 0.1) is 12.8 Å². The molecule has 1 aliphatic rings. The van der Waals surface area contributed by atoms with E-state index in [1.807, 2.05) is 41.9 Å². The molecule has 152 valence electrons. The second kappa shape index (κ2) is 8.21. The van der Waals surface area contributed by atoms with Crippen LogP contribution in [0.2, 0.25) is 0 Å². The molecule has 0 aliphatic carbocycles. The summed E-state index contributed by atoms with van der Waals surface area (Å²) in [5.41, 5.74) is 4.57. The lowest BCUT2D eigenvalue weighted by atomic mass is 9.99. The molecule has 1 amide bonds. The minimum Gasteiger partial charge on any atom is -0.396 e. The number of anilines is 2. The molecule has 1 aliphatic heterocycles. The van der Waals surface area contributed by atoms with Gasteiger partial charge in [-0.2, -0.15) is 0 Å². The predicted octanol–water partition coefficient (Wildman–Crippen LogP) is 3.06. The lowest BCUT2D eigenvalue weighted by molar-refractivity contribution is 0.102. The van der Waals surface area contributed by atoms with Crippen molar-refractivity contribution in [1.82, 2.24) is 14.4 Å². The summed E-state index contributed by atoms with van der Waals surface area (Å²) in [6.07, 6.45) is 6.57. The average molecular weight is 393 g/mol. The maximum absolute atomic E-state index is 12.8. The van der Waals surface area contributed by atoms with E-state index in [4.69, 9.17) is 0 Å². The topological polar surface area (TPSA) is 82.8 Å². The van der Waals surface area contributed by atoms with Crippen LogP contribution in [-0.4, -0.2) is 45.1 Å². The molecule has 0 radical (unpaired) electrons. The molecule has 3 aromatic rings. The van der Waals surface area contributed by atoms with Gasteiger partial charge in [0, 0.05) is 50.3 Å². The monoisotopic (exact) mass is 393 g/mol. The highest BCUT2D eigenvalue weighted by molar-refractivity contribution is 6.04. The lowest BCUT2D eigenvalue weighted by Crippen LogP contribution is -2.33. The van der Waals surface area contributed by atoms with Crippen LogP contribution >= 0.6 is 0 Å². The number of amides is 1. The van der Waals surface area contributed by atoms with Crippen LogP contribution < -0.4 is 10.2 Å². The number of fused-ring (bicyclic) bond motifs is 1. The van der Waals surface area contributed by atoms with Gasteiger partial charge in [-0.3, -0.25) is 4.79 Å². The van der Waals surface area contributed by atoms with Crippen molar-refractivity contribution in [2.45, 2.75) is 33.1 Å². The Morgan fingerprint density at radius 2 is 2.03 bits per heavy atom. The highest BCUT2D eigenvalue weighted by Crippen LogP contribution is 2.31. The molecule has 0 aromatic carbocycles. The van der Waals surface area contributed by atoms with Crippen molar-refractivity contribution in [3.63, 3.8) is 0 Å². The Hall–Kier alpha value is -2.93. The second-order valence-corrected chi connectivity index (χ2v) is 7.83. The van der Waals surface area contributed by atoms with Crippen molar-refractivity contribution in [3.05, 3.63) is 53.7 Å². The first-order chi connectivity index (χ1) is 14.0. The summed E-state index contributed by atoms with van der Waals surface area (Å²) in [5, 5.41) is 12.3. The van der Waals surface area contributed by atoms with Gasteiger partial charge in [0.25, 0.3) is 5.91 Å². The third-order valence-electron chi connectivity index (χ3n) is 5.48. The first-order valence-electron chi connectivity index (χ1n) is 10.2. The molecular weight excluding hydrogens is 366 g/mol. The molecule has 2 N–H and O–H groups in total. The van der Waals surface area contributed by atoms with Crippen LogP contribution in [0.5, 0.6) is 0 Å². The smallest absolute Gasteiger partial charge is 0.274 e. The Morgan fingerprint density at radius 1 is 1.24 bits per heavy atom. The van der Waals surface area contributed by atoms with Crippen molar-refractivity contribution >= 4 is 22.9 Å². The van der Waals surface area contributed by atoms with E-state index in [1.165, 1.54) is 0 Å². The van der Waals surface area contributed by atoms with E-state index in [1.54, 1.807) is 6.07 Å². The molecule has 4 rings (SSSR count). The number of nitrogens with zero attached hydrogens (tertiary/aromatic N) is 4. The number of rotatable bonds is 5. The number of hydrogen-bond donors (Lipinski definition) is 2. The second-order valence-electron chi connectivity index (χ2n) is 7.83. The Bertz CT molecular complexity index is 1020. The van der Waals surface area contributed by atoms with Gasteiger partial charge in [0.1, 0.15) is 11.3 Å². The van der Waals surface area contributed by atoms with Crippen molar-refractivity contribution in [2.75, 3.05) is 29.9 Å². The average Bonchev–Trinajstić information content (AvgIpc) is 3.09. The Kier molecular flexibility index (Phi) is 5.49. The van der Waals surface area contributed by atoms with Crippen LogP contribution in [0.1, 0.15) is 41.6 Å². The number of aromatic nitrogens is 3. The third-order valence-corrected chi connectivity index (χ3v) is 5.48. The Labute approximate surface area is 170 Å². The fourth-order valence-electron chi connectivity index (χ4n) is 3.77. The summed E-state index contributed by atoms with van der Waals surface area (Å²) in [6, 6.07) is 7.46. The fraction of sp³-hybridized carbons (Fsp3) is 0.409. The molecule has 7 heteroatoms. The molecule has 7 nitrogen and oxygen atoms in total. The number of aliphatic hydroxyl groups is 1. The highest BCUT2D eigenvalue weighted by atomic mass is 16.3. The van der Waals surface area contributed by atoms with Gasteiger partial charge in [-0.15, -0.1) is 0 Å². The zero-order valence-corrected chi connectivity index (χ0v) is 16.9. The summed E-state index contributed by atoms with van der Waals surface area (Å²) in [4.78, 5) is 24.1. The van der Waals surface area contributed by atoms with Crippen molar-refractivity contribution in [3.8, 4) is 0 Å². The zero-order valence-electron chi connectivity index (χ0n) is 16.9. The number of carbonyl (C=O) groups excluding carboxylic acids is 1. The molecule has 0 unspecified atom stereocenters. The minimum atomic E-state index is -0.227. The quantitative estimate of drug-likeness (QED) is 0.696. The summed E-state index contributed by atoms with van der Waals surface area (Å²) < 4.78 is 1.90. The van der Waals surface area contributed by atoms with Crippen molar-refractivity contribution < 1.29 is 9.90 Å². The number of nitrogens with one attached hydrogen (secondary N) is 1. The van der Waals surface area contributed by atoms with Gasteiger partial charge in [-0.05, 0) is 37.8 Å². The van der Waals surface area contributed by atoms with E-state index in [9.17, 15) is 9.90 Å². The number of imidazole rings is 1. The zero-order chi connectivity index (χ0) is 20.4. The third kappa shape index (κ3) is 4.24. The Morgan fingerprint density at radius 3 is 2.76 bits per heavy atom. The summed E-state index contributed by atoms with van der Waals surface area (Å²) in [6.45, 7) is 6.11. The van der Waals surface area contributed by atoms with Gasteiger partial charge in [-0.1, -0.05) is 13.0 Å². The molecular formula is C22H27N5O2. The summed E-state index contributed by atoms with van der Waals surface area (Å²) >= 11 is 0. The number of piperidine rings is 1. The standard InChI is InChI=1S/C22H27N5O2/c1-15-6-9-26(10-7-15)20-12-21-24-17(8-11-28)13-27(21)14-19(20)25-22(29)18-5-3-4-16(2)23-18/h3-5,12-15,28H,6-11H2,1-2H3,(H,25,29). The number of hydrogen-bond acceptors (Lipinski definition) is 5. The largest absolute Gasteiger partial charge is 0.396 e. The minimum absolute atomic E-state index is 0.0589. The fourth-order valence-corrected chi connectivity index (χ4v) is 3.77. The van der Waals surface area contributed by atoms with Crippen LogP contribution in [0.25, 0.3) is 5.65 Å². The molecule has 29 heavy (non-hydrogen) atoms. The van der Waals surface area contributed by atoms with Crippen LogP contribution in [0.15, 0.2) is 36.7 Å². The number of pyridine rings is 2. The maximum atomic E-state index is 12.8. The predicted molar refractivity (Wildman–Crippen MR) is 114 cm³/mol. The molecule has 0 atom stereocenters. The van der Waals surface area contributed by atoms with E-state index < -0.39 is 0 Å². The molecule has 0 saturated carbocycles. The number of carbonyl (C=O) groups is 1. The van der Waals surface area contributed by atoms with E-state index in [-0.39, 0.29) is 12.5 Å². The normalized spacial score (nSPS) is 15.1. The first-order valence-corrected chi connectivity index (χ1v) is 10.2. The van der Waals surface area contributed by atoms with E-state index in [2.05, 4.69) is 27.1 Å². The molecule has 3 aromatic heterocycles. The molecule has 4 heterocycles. The molecule has 0 spiro atoms. The van der Waals surface area contributed by atoms with Crippen molar-refractivity contribution in [2.24, 2.45) is 5.92 Å². The molecule has 1 fully saturated rings. The van der Waals surface area contributed by atoms with Gasteiger partial charge < -0.3 is 19.7 Å². The summed E-state index contributed by atoms with van der Waals surface area (Å²) in [5.74, 6) is 0.488. The molecule has 1 saturated heterocycles. The van der Waals surface area contributed by atoms with Gasteiger partial charge in [0.15, 0.2) is 0 Å². The van der Waals surface area contributed by atoms with E-state index in [0.717, 1.165) is 54.3 Å². The van der Waals surface area contributed by atoms with Gasteiger partial charge in [0.2, 0.25) is 0 Å². The van der Waals surface area contributed by atoms with Crippen LogP contribution in [0.3, 0.4) is 0 Å². The Balaban J connectivity index is 1.71. The van der Waals surface area contributed by atoms with Gasteiger partial charge in [0.05, 0.1) is 17.1 Å². The number of aliphatic hydroxyl groups excluding tert-OH is 1. The van der Waals surface area contributed by atoms with Gasteiger partial charge >= 0.3 is 0 Å².